The molecule has 1 nitrogen and oxygen atoms in total. The predicted octanol–water partition coefficient (Wildman–Crippen LogP) is 2.58. The van der Waals surface area contributed by atoms with Crippen LogP contribution in [0.3, 0.4) is 0 Å². The van der Waals surface area contributed by atoms with E-state index in [1.54, 1.807) is 0 Å². The number of rotatable bonds is 2. The molecule has 2 N–H and O–H groups in total. The Morgan fingerprint density at radius 2 is 2.31 bits per heavy atom. The van der Waals surface area contributed by atoms with Crippen LogP contribution in [-0.2, 0) is 5.54 Å². The second-order valence-corrected chi connectivity index (χ2v) is 4.22. The van der Waals surface area contributed by atoms with Gasteiger partial charge >= 0.3 is 0 Å². The zero-order valence-corrected chi connectivity index (χ0v) is 8.38. The fourth-order valence-electron chi connectivity index (χ4n) is 2.15. The number of hydrogen-bond donors (Lipinski definition) is 1. The van der Waals surface area contributed by atoms with Crippen LogP contribution in [0.5, 0.6) is 0 Å². The van der Waals surface area contributed by atoms with Crippen molar-refractivity contribution in [2.24, 2.45) is 11.7 Å². The van der Waals surface area contributed by atoms with Crippen molar-refractivity contribution >= 4 is 0 Å². The Hall–Kier alpha value is -0.820. The molecule has 1 aromatic carbocycles. The van der Waals surface area contributed by atoms with Gasteiger partial charge in [-0.3, -0.25) is 0 Å². The molecule has 1 aliphatic carbocycles. The Bertz CT molecular complexity index is 319. The van der Waals surface area contributed by atoms with Crippen LogP contribution in [0.15, 0.2) is 24.3 Å². The van der Waals surface area contributed by atoms with Crippen LogP contribution in [0, 0.1) is 12.8 Å². The molecule has 2 atom stereocenters. The quantitative estimate of drug-likeness (QED) is 0.734. The van der Waals surface area contributed by atoms with E-state index < -0.39 is 0 Å². The van der Waals surface area contributed by atoms with Crippen LogP contribution in [0.2, 0.25) is 0 Å². The van der Waals surface area contributed by atoms with Gasteiger partial charge in [0.05, 0.1) is 0 Å². The zero-order valence-electron chi connectivity index (χ0n) is 8.38. The minimum absolute atomic E-state index is 0.000764. The highest BCUT2D eigenvalue weighted by molar-refractivity contribution is 5.34. The highest BCUT2D eigenvalue weighted by atomic mass is 14.9. The molecule has 0 amide bonds. The fraction of sp³-hybridized carbons (Fsp3) is 0.500. The van der Waals surface area contributed by atoms with Crippen LogP contribution in [-0.4, -0.2) is 0 Å². The lowest BCUT2D eigenvalue weighted by molar-refractivity contribution is 0.615. The largest absolute Gasteiger partial charge is 0.321 e. The molecule has 0 aliphatic heterocycles. The summed E-state index contributed by atoms with van der Waals surface area (Å²) >= 11 is 0. The van der Waals surface area contributed by atoms with Crippen molar-refractivity contribution in [2.45, 2.75) is 32.2 Å². The van der Waals surface area contributed by atoms with Gasteiger partial charge in [-0.05, 0) is 24.8 Å². The predicted molar refractivity (Wildman–Crippen MR) is 55.4 cm³/mol. The summed E-state index contributed by atoms with van der Waals surface area (Å²) in [6.45, 7) is 4.34. The summed E-state index contributed by atoms with van der Waals surface area (Å²) in [7, 11) is 0. The van der Waals surface area contributed by atoms with Gasteiger partial charge in [-0.2, -0.15) is 0 Å². The van der Waals surface area contributed by atoms with Gasteiger partial charge in [0.15, 0.2) is 0 Å². The van der Waals surface area contributed by atoms with Crippen molar-refractivity contribution < 1.29 is 0 Å². The van der Waals surface area contributed by atoms with E-state index in [1.165, 1.54) is 17.5 Å². The third kappa shape index (κ3) is 1.37. The second-order valence-electron chi connectivity index (χ2n) is 4.22. The molecule has 0 aromatic heterocycles. The highest BCUT2D eigenvalue weighted by Crippen LogP contribution is 2.51. The average Bonchev–Trinajstić information content (AvgIpc) is 2.79. The van der Waals surface area contributed by atoms with Crippen molar-refractivity contribution in [3.8, 4) is 0 Å². The van der Waals surface area contributed by atoms with Gasteiger partial charge in [0, 0.05) is 5.54 Å². The molecule has 1 aliphatic rings. The molecule has 0 spiro atoms. The second kappa shape index (κ2) is 2.85. The maximum Gasteiger partial charge on any atom is 0.0442 e. The van der Waals surface area contributed by atoms with E-state index in [9.17, 15) is 0 Å². The number of aryl methyl sites for hydroxylation is 1. The lowest BCUT2D eigenvalue weighted by Gasteiger charge is -2.11. The van der Waals surface area contributed by atoms with Crippen LogP contribution < -0.4 is 5.73 Å². The number of nitrogens with two attached hydrogens (primary N) is 1. The van der Waals surface area contributed by atoms with Gasteiger partial charge in [0.25, 0.3) is 0 Å². The molecule has 0 radical (unpaired) electrons. The molecule has 0 saturated heterocycles. The lowest BCUT2D eigenvalue weighted by atomic mass is 10.0. The van der Waals surface area contributed by atoms with E-state index in [1.807, 2.05) is 0 Å². The van der Waals surface area contributed by atoms with Crippen LogP contribution in [0.4, 0.5) is 0 Å². The van der Waals surface area contributed by atoms with Crippen molar-refractivity contribution in [2.75, 3.05) is 0 Å². The van der Waals surface area contributed by atoms with Gasteiger partial charge < -0.3 is 5.73 Å². The SMILES string of the molecule is CC[C@@H]1C[C@@]1(N)c1cccc(C)c1. The summed E-state index contributed by atoms with van der Waals surface area (Å²) < 4.78 is 0. The molecular weight excluding hydrogens is 158 g/mol. The van der Waals surface area contributed by atoms with Gasteiger partial charge in [-0.1, -0.05) is 43.2 Å². The monoisotopic (exact) mass is 175 g/mol. The maximum atomic E-state index is 6.29. The fourth-order valence-corrected chi connectivity index (χ4v) is 2.15. The van der Waals surface area contributed by atoms with Crippen molar-refractivity contribution in [3.05, 3.63) is 35.4 Å². The van der Waals surface area contributed by atoms with Gasteiger partial charge in [-0.25, -0.2) is 0 Å². The molecule has 1 aromatic rings. The Morgan fingerprint density at radius 1 is 1.54 bits per heavy atom. The number of benzene rings is 1. The first-order valence-corrected chi connectivity index (χ1v) is 5.03. The van der Waals surface area contributed by atoms with Crippen LogP contribution in [0.25, 0.3) is 0 Å². The third-order valence-corrected chi connectivity index (χ3v) is 3.20. The molecular formula is C12H17N. The van der Waals surface area contributed by atoms with Gasteiger partial charge in [-0.15, -0.1) is 0 Å². The summed E-state index contributed by atoms with van der Waals surface area (Å²) in [5.74, 6) is 0.703. The Labute approximate surface area is 80.0 Å². The minimum atomic E-state index is 0.000764. The standard InChI is InChI=1S/C12H17N/c1-3-10-8-12(10,13)11-6-4-5-9(2)7-11/h4-7,10H,3,8,13H2,1-2H3/t10-,12+/m1/s1. The summed E-state index contributed by atoms with van der Waals surface area (Å²) in [4.78, 5) is 0. The Morgan fingerprint density at radius 3 is 2.85 bits per heavy atom. The molecule has 1 heteroatoms. The van der Waals surface area contributed by atoms with Crippen LogP contribution >= 0.6 is 0 Å². The molecule has 0 heterocycles. The van der Waals surface area contributed by atoms with Crippen LogP contribution in [0.1, 0.15) is 30.9 Å². The average molecular weight is 175 g/mol. The summed E-state index contributed by atoms with van der Waals surface area (Å²) in [5, 5.41) is 0. The van der Waals surface area contributed by atoms with Crippen molar-refractivity contribution in [3.63, 3.8) is 0 Å². The van der Waals surface area contributed by atoms with E-state index in [4.69, 9.17) is 5.73 Å². The van der Waals surface area contributed by atoms with E-state index in [-0.39, 0.29) is 5.54 Å². The Balaban J connectivity index is 2.27. The number of hydrogen-bond acceptors (Lipinski definition) is 1. The summed E-state index contributed by atoms with van der Waals surface area (Å²) in [5.41, 5.74) is 8.92. The molecule has 0 unspecified atom stereocenters. The molecule has 1 fully saturated rings. The van der Waals surface area contributed by atoms with Gasteiger partial charge in [0.2, 0.25) is 0 Å². The first-order valence-electron chi connectivity index (χ1n) is 5.03. The molecule has 1 saturated carbocycles. The highest BCUT2D eigenvalue weighted by Gasteiger charge is 2.50. The van der Waals surface area contributed by atoms with E-state index in [0.29, 0.717) is 5.92 Å². The molecule has 70 valence electrons. The zero-order chi connectivity index (χ0) is 9.47. The van der Waals surface area contributed by atoms with Crippen molar-refractivity contribution in [1.29, 1.82) is 0 Å². The van der Waals surface area contributed by atoms with E-state index in [2.05, 4.69) is 38.1 Å². The van der Waals surface area contributed by atoms with Crippen molar-refractivity contribution in [1.82, 2.24) is 0 Å². The molecule has 0 bridgehead atoms. The minimum Gasteiger partial charge on any atom is -0.321 e. The van der Waals surface area contributed by atoms with E-state index >= 15 is 0 Å². The summed E-state index contributed by atoms with van der Waals surface area (Å²) in [6, 6.07) is 8.60. The van der Waals surface area contributed by atoms with Gasteiger partial charge in [0.1, 0.15) is 0 Å². The lowest BCUT2D eigenvalue weighted by Crippen LogP contribution is -2.21. The molecule has 13 heavy (non-hydrogen) atoms. The van der Waals surface area contributed by atoms with E-state index in [0.717, 1.165) is 6.42 Å². The first kappa shape index (κ1) is 8.76. The third-order valence-electron chi connectivity index (χ3n) is 3.20. The normalized spacial score (nSPS) is 31.8. The Kier molecular flexibility index (Phi) is 1.92. The smallest absolute Gasteiger partial charge is 0.0442 e. The summed E-state index contributed by atoms with van der Waals surface area (Å²) in [6.07, 6.45) is 2.36. The first-order chi connectivity index (χ1) is 6.16. The molecule has 2 rings (SSSR count). The topological polar surface area (TPSA) is 26.0 Å². The maximum absolute atomic E-state index is 6.29.